The number of carboxylic acid groups (broad SMARTS) is 1. The van der Waals surface area contributed by atoms with E-state index in [0.717, 1.165) is 21.9 Å². The van der Waals surface area contributed by atoms with E-state index in [-0.39, 0.29) is 18.1 Å². The van der Waals surface area contributed by atoms with Crippen LogP contribution in [0.4, 0.5) is 5.69 Å². The molecular formula is C27H27NO6. The molecule has 0 unspecified atom stereocenters. The number of carbonyl (C=O) groups is 2. The molecule has 2 aliphatic rings. The van der Waals surface area contributed by atoms with E-state index in [1.54, 1.807) is 4.90 Å². The first-order chi connectivity index (χ1) is 16.2. The zero-order valence-corrected chi connectivity index (χ0v) is 19.4. The summed E-state index contributed by atoms with van der Waals surface area (Å²) >= 11 is 0. The number of benzene rings is 3. The second kappa shape index (κ2) is 8.33. The lowest BCUT2D eigenvalue weighted by atomic mass is 9.92. The molecule has 2 aliphatic heterocycles. The molecule has 0 fully saturated rings. The van der Waals surface area contributed by atoms with Crippen molar-refractivity contribution in [2.24, 2.45) is 5.41 Å². The number of carboxylic acids is 1. The molecular weight excluding hydrogens is 434 g/mol. The Morgan fingerprint density at radius 2 is 1.74 bits per heavy atom. The van der Waals surface area contributed by atoms with Crippen molar-refractivity contribution in [3.63, 3.8) is 0 Å². The maximum absolute atomic E-state index is 13.7. The Labute approximate surface area is 197 Å². The van der Waals surface area contributed by atoms with E-state index in [2.05, 4.69) is 0 Å². The average Bonchev–Trinajstić information content (AvgIpc) is 3.22. The summed E-state index contributed by atoms with van der Waals surface area (Å²) < 4.78 is 17.7. The summed E-state index contributed by atoms with van der Waals surface area (Å²) in [5.41, 5.74) is 2.01. The van der Waals surface area contributed by atoms with Crippen molar-refractivity contribution in [1.29, 1.82) is 0 Å². The first-order valence-corrected chi connectivity index (χ1v) is 11.3. The predicted octanol–water partition coefficient (Wildman–Crippen LogP) is 4.91. The van der Waals surface area contributed by atoms with Crippen LogP contribution in [0.5, 0.6) is 11.5 Å². The van der Waals surface area contributed by atoms with Crippen LogP contribution < -0.4 is 14.4 Å². The molecule has 0 radical (unpaired) electrons. The molecule has 2 atom stereocenters. The zero-order chi connectivity index (χ0) is 24.0. The Hall–Kier alpha value is -3.58. The Balaban J connectivity index is 1.76. The van der Waals surface area contributed by atoms with Gasteiger partial charge in [-0.2, -0.15) is 0 Å². The average molecular weight is 462 g/mol. The minimum absolute atomic E-state index is 0.104. The maximum atomic E-state index is 13.7. The van der Waals surface area contributed by atoms with Gasteiger partial charge in [-0.05, 0) is 27.8 Å². The highest BCUT2D eigenvalue weighted by Crippen LogP contribution is 2.47. The van der Waals surface area contributed by atoms with E-state index in [1.807, 2.05) is 75.4 Å². The Morgan fingerprint density at radius 3 is 2.47 bits per heavy atom. The number of fused-ring (bicyclic) bond motifs is 3. The van der Waals surface area contributed by atoms with Gasteiger partial charge in [0.1, 0.15) is 12.2 Å². The van der Waals surface area contributed by atoms with Crippen LogP contribution in [0.3, 0.4) is 0 Å². The molecule has 7 nitrogen and oxygen atoms in total. The molecule has 0 saturated carbocycles. The molecule has 34 heavy (non-hydrogen) atoms. The van der Waals surface area contributed by atoms with E-state index >= 15 is 0 Å². The van der Waals surface area contributed by atoms with Crippen molar-refractivity contribution in [1.82, 2.24) is 0 Å². The number of hydrogen-bond donors (Lipinski definition) is 1. The fourth-order valence-electron chi connectivity index (χ4n) is 4.63. The first kappa shape index (κ1) is 22.2. The number of nitrogens with zero attached hydrogens (tertiary/aromatic N) is 1. The van der Waals surface area contributed by atoms with Crippen molar-refractivity contribution >= 4 is 28.3 Å². The number of aliphatic carboxylic acids is 1. The van der Waals surface area contributed by atoms with Gasteiger partial charge in [0.2, 0.25) is 6.79 Å². The third-order valence-corrected chi connectivity index (χ3v) is 6.04. The van der Waals surface area contributed by atoms with Gasteiger partial charge in [0, 0.05) is 18.2 Å². The van der Waals surface area contributed by atoms with Gasteiger partial charge < -0.3 is 24.2 Å². The number of amides is 1. The van der Waals surface area contributed by atoms with Crippen LogP contribution in [0.2, 0.25) is 0 Å². The van der Waals surface area contributed by atoms with Gasteiger partial charge in [-0.15, -0.1) is 0 Å². The van der Waals surface area contributed by atoms with Crippen molar-refractivity contribution in [3.8, 4) is 11.5 Å². The van der Waals surface area contributed by atoms with Crippen LogP contribution in [-0.2, 0) is 14.3 Å². The Bertz CT molecular complexity index is 1270. The first-order valence-electron chi connectivity index (χ1n) is 11.3. The topological polar surface area (TPSA) is 85.3 Å². The molecule has 176 valence electrons. The second-order valence-corrected chi connectivity index (χ2v) is 9.92. The summed E-state index contributed by atoms with van der Waals surface area (Å²) in [6.45, 7) is 6.60. The largest absolute Gasteiger partial charge is 0.481 e. The minimum Gasteiger partial charge on any atom is -0.481 e. The van der Waals surface area contributed by atoms with Crippen molar-refractivity contribution in [2.45, 2.75) is 39.4 Å². The van der Waals surface area contributed by atoms with Crippen LogP contribution in [-0.4, -0.2) is 36.4 Å². The molecule has 3 aromatic carbocycles. The van der Waals surface area contributed by atoms with Crippen molar-refractivity contribution in [2.75, 3.05) is 18.2 Å². The van der Waals surface area contributed by atoms with Gasteiger partial charge in [0.05, 0.1) is 12.1 Å². The van der Waals surface area contributed by atoms with Gasteiger partial charge in [-0.25, -0.2) is 0 Å². The van der Waals surface area contributed by atoms with Crippen LogP contribution in [0.25, 0.3) is 10.8 Å². The third-order valence-electron chi connectivity index (χ3n) is 6.04. The molecule has 3 aromatic rings. The molecule has 5 rings (SSSR count). The number of hydrogen-bond acceptors (Lipinski definition) is 5. The molecule has 0 aromatic heterocycles. The van der Waals surface area contributed by atoms with Gasteiger partial charge in [0.25, 0.3) is 5.91 Å². The number of anilines is 1. The maximum Gasteiger partial charge on any atom is 0.306 e. The molecule has 0 bridgehead atoms. The van der Waals surface area contributed by atoms with E-state index in [4.69, 9.17) is 14.2 Å². The van der Waals surface area contributed by atoms with Crippen LogP contribution in [0.15, 0.2) is 54.6 Å². The lowest BCUT2D eigenvalue weighted by Crippen LogP contribution is -2.44. The quantitative estimate of drug-likeness (QED) is 0.594. The lowest BCUT2D eigenvalue weighted by molar-refractivity contribution is -0.147. The molecule has 0 spiro atoms. The van der Waals surface area contributed by atoms with E-state index in [0.29, 0.717) is 23.7 Å². The lowest BCUT2D eigenvalue weighted by Gasteiger charge is -2.31. The van der Waals surface area contributed by atoms with E-state index < -0.39 is 24.6 Å². The summed E-state index contributed by atoms with van der Waals surface area (Å²) in [5, 5.41) is 11.6. The van der Waals surface area contributed by atoms with Crippen LogP contribution in [0.1, 0.15) is 44.4 Å². The number of carbonyl (C=O) groups excluding carboxylic acids is 1. The highest BCUT2D eigenvalue weighted by Gasteiger charge is 2.40. The molecule has 0 saturated heterocycles. The monoisotopic (exact) mass is 461 g/mol. The molecule has 1 N–H and O–H groups in total. The van der Waals surface area contributed by atoms with E-state index in [1.165, 1.54) is 0 Å². The number of rotatable bonds is 4. The predicted molar refractivity (Wildman–Crippen MR) is 127 cm³/mol. The molecule has 2 heterocycles. The third kappa shape index (κ3) is 4.07. The summed E-state index contributed by atoms with van der Waals surface area (Å²) in [4.78, 5) is 27.1. The SMILES string of the molecule is CC(C)(C)CN1C(=O)[C@H](CC(=O)O)O[C@@H](c2cccc3ccccc23)c2cc3c(cc21)OCO3. The Morgan fingerprint density at radius 1 is 1.03 bits per heavy atom. The summed E-state index contributed by atoms with van der Waals surface area (Å²) in [5.74, 6) is -0.336. The highest BCUT2D eigenvalue weighted by molar-refractivity contribution is 6.00. The zero-order valence-electron chi connectivity index (χ0n) is 19.4. The van der Waals surface area contributed by atoms with Crippen molar-refractivity contribution in [3.05, 3.63) is 65.7 Å². The van der Waals surface area contributed by atoms with Gasteiger partial charge in [0.15, 0.2) is 11.5 Å². The van der Waals surface area contributed by atoms with Crippen LogP contribution in [0, 0.1) is 5.41 Å². The minimum atomic E-state index is -1.15. The van der Waals surface area contributed by atoms with Crippen molar-refractivity contribution < 1.29 is 28.9 Å². The fourth-order valence-corrected chi connectivity index (χ4v) is 4.63. The highest BCUT2D eigenvalue weighted by atomic mass is 16.7. The smallest absolute Gasteiger partial charge is 0.306 e. The number of ether oxygens (including phenoxy) is 3. The normalized spacial score (nSPS) is 19.7. The van der Waals surface area contributed by atoms with Gasteiger partial charge in [-0.1, -0.05) is 63.2 Å². The second-order valence-electron chi connectivity index (χ2n) is 9.92. The fraction of sp³-hybridized carbons (Fsp3) is 0.333. The summed E-state index contributed by atoms with van der Waals surface area (Å²) in [7, 11) is 0. The van der Waals surface area contributed by atoms with Gasteiger partial charge in [-0.3, -0.25) is 9.59 Å². The van der Waals surface area contributed by atoms with E-state index in [9.17, 15) is 14.7 Å². The molecule has 7 heteroatoms. The summed E-state index contributed by atoms with van der Waals surface area (Å²) in [6, 6.07) is 17.5. The molecule has 0 aliphatic carbocycles. The van der Waals surface area contributed by atoms with Crippen LogP contribution >= 0.6 is 0 Å². The van der Waals surface area contributed by atoms with Gasteiger partial charge >= 0.3 is 5.97 Å². The summed E-state index contributed by atoms with van der Waals surface area (Å²) in [6.07, 6.45) is -2.25. The Kier molecular flexibility index (Phi) is 5.44. The molecule has 1 amide bonds. The standard InChI is InChI=1S/C27H27NO6/c1-27(2,3)14-28-20-12-22-21(32-15-33-22)11-19(20)25(34-23(26(28)31)13-24(29)30)18-10-6-8-16-7-4-5-9-17(16)18/h4-12,23,25H,13-15H2,1-3H3,(H,29,30)/t23-,25-/m0/s1.